The third kappa shape index (κ3) is 2.15. The Morgan fingerprint density at radius 3 is 3.15 bits per heavy atom. The fourth-order valence-corrected chi connectivity index (χ4v) is 2.57. The van der Waals surface area contributed by atoms with Gasteiger partial charge in [-0.15, -0.1) is 0 Å². The second-order valence-electron chi connectivity index (χ2n) is 3.34. The Morgan fingerprint density at radius 2 is 2.54 bits per heavy atom. The second-order valence-corrected chi connectivity index (χ2v) is 4.54. The van der Waals surface area contributed by atoms with Crippen molar-refractivity contribution in [3.8, 4) is 0 Å². The Balaban J connectivity index is 2.01. The van der Waals surface area contributed by atoms with E-state index >= 15 is 0 Å². The molecular formula is C10H14N2S. The Morgan fingerprint density at radius 1 is 1.62 bits per heavy atom. The van der Waals surface area contributed by atoms with Crippen molar-refractivity contribution in [2.24, 2.45) is 7.05 Å². The number of allylic oxidation sites excluding steroid dienone is 1. The number of aromatic nitrogens is 2. The van der Waals surface area contributed by atoms with Crippen molar-refractivity contribution in [3.63, 3.8) is 0 Å². The maximum absolute atomic E-state index is 4.30. The molecule has 0 bridgehead atoms. The summed E-state index contributed by atoms with van der Waals surface area (Å²) in [5, 5.41) is 1.76. The quantitative estimate of drug-likeness (QED) is 0.673. The summed E-state index contributed by atoms with van der Waals surface area (Å²) in [6.45, 7) is 0. The number of nitrogens with zero attached hydrogens (tertiary/aromatic N) is 2. The molecule has 1 aromatic heterocycles. The van der Waals surface area contributed by atoms with Crippen LogP contribution in [0.2, 0.25) is 0 Å². The van der Waals surface area contributed by atoms with Gasteiger partial charge in [-0.25, -0.2) is 4.98 Å². The van der Waals surface area contributed by atoms with Gasteiger partial charge in [0.05, 0.1) is 0 Å². The highest BCUT2D eigenvalue weighted by Gasteiger charge is 2.11. The normalized spacial score (nSPS) is 22.1. The van der Waals surface area contributed by atoms with E-state index in [4.69, 9.17) is 0 Å². The molecule has 0 aliphatic heterocycles. The number of thioether (sulfide) groups is 1. The largest absolute Gasteiger partial charge is 0.329 e. The van der Waals surface area contributed by atoms with E-state index in [9.17, 15) is 0 Å². The molecular weight excluding hydrogens is 180 g/mol. The predicted molar refractivity (Wildman–Crippen MR) is 55.8 cm³/mol. The Hall–Kier alpha value is -0.700. The summed E-state index contributed by atoms with van der Waals surface area (Å²) >= 11 is 1.86. The lowest BCUT2D eigenvalue weighted by Gasteiger charge is -2.14. The number of aryl methyl sites for hydroxylation is 1. The molecule has 0 radical (unpaired) electrons. The van der Waals surface area contributed by atoms with Crippen LogP contribution in [0.25, 0.3) is 0 Å². The third-order valence-electron chi connectivity index (χ3n) is 2.24. The first-order valence-electron chi connectivity index (χ1n) is 4.67. The molecule has 1 atom stereocenters. The Kier molecular flexibility index (Phi) is 2.74. The van der Waals surface area contributed by atoms with Gasteiger partial charge in [-0.1, -0.05) is 23.9 Å². The Labute approximate surface area is 83.1 Å². The van der Waals surface area contributed by atoms with E-state index in [1.54, 1.807) is 0 Å². The molecule has 0 spiro atoms. The van der Waals surface area contributed by atoms with Gasteiger partial charge in [0.25, 0.3) is 0 Å². The molecule has 2 rings (SSSR count). The molecule has 1 aromatic rings. The zero-order valence-corrected chi connectivity index (χ0v) is 8.63. The van der Waals surface area contributed by atoms with Crippen molar-refractivity contribution in [2.45, 2.75) is 29.7 Å². The lowest BCUT2D eigenvalue weighted by atomic mass is 10.1. The SMILES string of the molecule is Cn1ccnc1SC1C=CCCC1. The van der Waals surface area contributed by atoms with Gasteiger partial charge < -0.3 is 4.57 Å². The molecule has 1 unspecified atom stereocenters. The highest BCUT2D eigenvalue weighted by atomic mass is 32.2. The molecule has 0 saturated carbocycles. The molecule has 1 heterocycles. The maximum atomic E-state index is 4.30. The van der Waals surface area contributed by atoms with Crippen LogP contribution in [0.1, 0.15) is 19.3 Å². The van der Waals surface area contributed by atoms with Crippen LogP contribution in [-0.4, -0.2) is 14.8 Å². The first-order chi connectivity index (χ1) is 6.36. The smallest absolute Gasteiger partial charge is 0.168 e. The molecule has 0 aromatic carbocycles. The van der Waals surface area contributed by atoms with Crippen LogP contribution in [0.4, 0.5) is 0 Å². The zero-order valence-electron chi connectivity index (χ0n) is 7.81. The van der Waals surface area contributed by atoms with Gasteiger partial charge in [-0.3, -0.25) is 0 Å². The summed E-state index contributed by atoms with van der Waals surface area (Å²) in [4.78, 5) is 4.30. The monoisotopic (exact) mass is 194 g/mol. The van der Waals surface area contributed by atoms with Crippen molar-refractivity contribution >= 4 is 11.8 Å². The van der Waals surface area contributed by atoms with Crippen LogP contribution < -0.4 is 0 Å². The molecule has 3 heteroatoms. The van der Waals surface area contributed by atoms with E-state index < -0.39 is 0 Å². The number of hydrogen-bond donors (Lipinski definition) is 0. The van der Waals surface area contributed by atoms with Gasteiger partial charge in [-0.2, -0.15) is 0 Å². The van der Waals surface area contributed by atoms with Crippen molar-refractivity contribution in [3.05, 3.63) is 24.5 Å². The van der Waals surface area contributed by atoms with E-state index in [1.165, 1.54) is 19.3 Å². The highest BCUT2D eigenvalue weighted by molar-refractivity contribution is 7.99. The molecule has 1 aliphatic carbocycles. The summed E-state index contributed by atoms with van der Waals surface area (Å²) in [7, 11) is 2.04. The first-order valence-corrected chi connectivity index (χ1v) is 5.55. The molecule has 70 valence electrons. The lowest BCUT2D eigenvalue weighted by molar-refractivity contribution is 0.731. The molecule has 0 saturated heterocycles. The topological polar surface area (TPSA) is 17.8 Å². The minimum Gasteiger partial charge on any atom is -0.329 e. The summed E-state index contributed by atoms with van der Waals surface area (Å²) in [6, 6.07) is 0. The van der Waals surface area contributed by atoms with Gasteiger partial charge in [0.15, 0.2) is 5.16 Å². The Bertz CT molecular complexity index is 304. The molecule has 13 heavy (non-hydrogen) atoms. The first kappa shape index (κ1) is 8.88. The summed E-state index contributed by atoms with van der Waals surface area (Å²) in [5.74, 6) is 0. The standard InChI is InChI=1S/C10H14N2S/c1-12-8-7-11-10(12)13-9-5-3-2-4-6-9/h3,5,7-9H,2,4,6H2,1H3. The maximum Gasteiger partial charge on any atom is 0.168 e. The van der Waals surface area contributed by atoms with Gasteiger partial charge in [0.1, 0.15) is 0 Å². The van der Waals surface area contributed by atoms with Crippen molar-refractivity contribution in [1.29, 1.82) is 0 Å². The highest BCUT2D eigenvalue weighted by Crippen LogP contribution is 2.28. The summed E-state index contributed by atoms with van der Waals surface area (Å²) < 4.78 is 2.08. The third-order valence-corrected chi connectivity index (χ3v) is 3.54. The lowest BCUT2D eigenvalue weighted by Crippen LogP contribution is -2.04. The zero-order chi connectivity index (χ0) is 9.10. The van der Waals surface area contributed by atoms with Crippen LogP contribution in [0.5, 0.6) is 0 Å². The van der Waals surface area contributed by atoms with Crippen LogP contribution in [0.3, 0.4) is 0 Å². The molecule has 0 fully saturated rings. The number of imidazole rings is 1. The van der Waals surface area contributed by atoms with Crippen molar-refractivity contribution in [1.82, 2.24) is 9.55 Å². The fraction of sp³-hybridized carbons (Fsp3) is 0.500. The second kappa shape index (κ2) is 4.01. The minimum atomic E-state index is 0.634. The fourth-order valence-electron chi connectivity index (χ4n) is 1.48. The summed E-state index contributed by atoms with van der Waals surface area (Å²) in [5.41, 5.74) is 0. The van der Waals surface area contributed by atoms with E-state index in [2.05, 4.69) is 21.7 Å². The molecule has 0 amide bonds. The summed E-state index contributed by atoms with van der Waals surface area (Å²) in [6.07, 6.45) is 12.3. The van der Waals surface area contributed by atoms with Gasteiger partial charge in [-0.05, 0) is 19.3 Å². The average molecular weight is 194 g/mol. The van der Waals surface area contributed by atoms with Crippen LogP contribution in [0.15, 0.2) is 29.7 Å². The average Bonchev–Trinajstić information content (AvgIpc) is 2.54. The van der Waals surface area contributed by atoms with E-state index in [0.29, 0.717) is 5.25 Å². The van der Waals surface area contributed by atoms with Gasteiger partial charge in [0.2, 0.25) is 0 Å². The van der Waals surface area contributed by atoms with E-state index in [1.807, 2.05) is 31.2 Å². The van der Waals surface area contributed by atoms with Crippen LogP contribution in [0, 0.1) is 0 Å². The molecule has 1 aliphatic rings. The van der Waals surface area contributed by atoms with Crippen molar-refractivity contribution < 1.29 is 0 Å². The minimum absolute atomic E-state index is 0.634. The molecule has 0 N–H and O–H groups in total. The van der Waals surface area contributed by atoms with E-state index in [-0.39, 0.29) is 0 Å². The predicted octanol–water partition coefficient (Wildman–Crippen LogP) is 2.62. The van der Waals surface area contributed by atoms with Crippen LogP contribution in [-0.2, 0) is 7.05 Å². The van der Waals surface area contributed by atoms with Gasteiger partial charge >= 0.3 is 0 Å². The van der Waals surface area contributed by atoms with Crippen molar-refractivity contribution in [2.75, 3.05) is 0 Å². The number of rotatable bonds is 2. The van der Waals surface area contributed by atoms with Gasteiger partial charge in [0, 0.05) is 24.7 Å². The number of hydrogen-bond acceptors (Lipinski definition) is 2. The van der Waals surface area contributed by atoms with E-state index in [0.717, 1.165) is 5.16 Å². The molecule has 2 nitrogen and oxygen atoms in total. The van der Waals surface area contributed by atoms with Crippen LogP contribution >= 0.6 is 11.8 Å².